The number of hydrogen-bond donors (Lipinski definition) is 3. The van der Waals surface area contributed by atoms with Gasteiger partial charge < -0.3 is 20.3 Å². The van der Waals surface area contributed by atoms with Crippen LogP contribution in [0.25, 0.3) is 0 Å². The molecule has 60 heavy (non-hydrogen) atoms. The summed E-state index contributed by atoms with van der Waals surface area (Å²) in [6.07, 6.45) is 57.3. The maximum absolute atomic E-state index is 13.2. The molecule has 0 aliphatic heterocycles. The van der Waals surface area contributed by atoms with E-state index in [4.69, 9.17) is 4.74 Å². The van der Waals surface area contributed by atoms with Gasteiger partial charge in [-0.15, -0.1) is 0 Å². The van der Waals surface area contributed by atoms with Gasteiger partial charge in [0.05, 0.1) is 25.2 Å². The van der Waals surface area contributed by atoms with Crippen LogP contribution in [0.15, 0.2) is 48.6 Å². The van der Waals surface area contributed by atoms with E-state index in [1.165, 1.54) is 135 Å². The summed E-state index contributed by atoms with van der Waals surface area (Å²) in [6.45, 7) is 6.44. The summed E-state index contributed by atoms with van der Waals surface area (Å²) >= 11 is 0. The average molecular weight is 842 g/mol. The molecule has 0 saturated carbocycles. The van der Waals surface area contributed by atoms with Crippen LogP contribution in [0.2, 0.25) is 0 Å². The number of esters is 1. The van der Waals surface area contributed by atoms with Crippen molar-refractivity contribution in [2.24, 2.45) is 0 Å². The van der Waals surface area contributed by atoms with Crippen LogP contribution in [0.4, 0.5) is 0 Å². The highest BCUT2D eigenvalue weighted by atomic mass is 16.5. The van der Waals surface area contributed by atoms with Gasteiger partial charge in [0.1, 0.15) is 6.10 Å². The number of aliphatic hydroxyl groups excluding tert-OH is 2. The minimum absolute atomic E-state index is 0.0699. The van der Waals surface area contributed by atoms with E-state index in [9.17, 15) is 19.8 Å². The van der Waals surface area contributed by atoms with E-state index in [0.29, 0.717) is 19.3 Å². The molecule has 0 saturated heterocycles. The number of aliphatic hydroxyl groups is 2. The van der Waals surface area contributed by atoms with Crippen molar-refractivity contribution in [3.8, 4) is 0 Å². The van der Waals surface area contributed by atoms with E-state index in [1.807, 2.05) is 0 Å². The van der Waals surface area contributed by atoms with E-state index in [0.717, 1.165) is 77.0 Å². The molecule has 0 spiro atoms. The van der Waals surface area contributed by atoms with Gasteiger partial charge in [-0.2, -0.15) is 0 Å². The van der Waals surface area contributed by atoms with Gasteiger partial charge in [0.15, 0.2) is 0 Å². The molecule has 0 aliphatic carbocycles. The first-order chi connectivity index (χ1) is 29.5. The average Bonchev–Trinajstić information content (AvgIpc) is 3.24. The van der Waals surface area contributed by atoms with Crippen molar-refractivity contribution in [1.82, 2.24) is 5.32 Å². The van der Waals surface area contributed by atoms with Crippen LogP contribution in [-0.4, -0.2) is 46.9 Å². The molecule has 0 rings (SSSR count). The second kappa shape index (κ2) is 47.9. The normalized spacial score (nSPS) is 13.6. The zero-order valence-electron chi connectivity index (χ0n) is 39.8. The summed E-state index contributed by atoms with van der Waals surface area (Å²) in [5, 5.41) is 23.7. The Labute approximate surface area is 372 Å². The number of allylic oxidation sites excluding steroid dienone is 8. The van der Waals surface area contributed by atoms with Gasteiger partial charge in [0.2, 0.25) is 5.91 Å². The first kappa shape index (κ1) is 57.8. The molecule has 0 heterocycles. The van der Waals surface area contributed by atoms with Crippen molar-refractivity contribution in [3.63, 3.8) is 0 Å². The van der Waals surface area contributed by atoms with Crippen molar-refractivity contribution in [2.45, 2.75) is 277 Å². The van der Waals surface area contributed by atoms with Gasteiger partial charge in [0, 0.05) is 6.42 Å². The summed E-state index contributed by atoms with van der Waals surface area (Å²) in [7, 11) is 0. The zero-order valence-corrected chi connectivity index (χ0v) is 39.8. The minimum Gasteiger partial charge on any atom is -0.462 e. The third-order valence-corrected chi connectivity index (χ3v) is 11.8. The molecule has 0 aliphatic rings. The molecule has 3 unspecified atom stereocenters. The topological polar surface area (TPSA) is 95.9 Å². The van der Waals surface area contributed by atoms with E-state index in [2.05, 4.69) is 74.7 Å². The Bertz CT molecular complexity index is 1040. The van der Waals surface area contributed by atoms with Crippen LogP contribution >= 0.6 is 0 Å². The SMILES string of the molecule is CCCCC/C=C/C=C/C=C/C=C/CCCCCCCC(=O)OC(CCCCCCCCCCCCC)CC(=O)NC(CO)C(O)CCCCCCCCCCCCCC. The largest absolute Gasteiger partial charge is 0.462 e. The number of rotatable bonds is 46. The number of ether oxygens (including phenoxy) is 1. The Morgan fingerprint density at radius 3 is 1.32 bits per heavy atom. The Hall–Kier alpha value is -2.18. The molecule has 0 aromatic heterocycles. The fourth-order valence-corrected chi connectivity index (χ4v) is 7.80. The highest BCUT2D eigenvalue weighted by molar-refractivity contribution is 5.77. The van der Waals surface area contributed by atoms with Gasteiger partial charge >= 0.3 is 5.97 Å². The lowest BCUT2D eigenvalue weighted by Gasteiger charge is -2.24. The Kier molecular flexibility index (Phi) is 46.1. The second-order valence-corrected chi connectivity index (χ2v) is 17.7. The lowest BCUT2D eigenvalue weighted by atomic mass is 10.0. The molecular formula is C54H99NO5. The minimum atomic E-state index is -0.789. The van der Waals surface area contributed by atoms with E-state index in [1.54, 1.807) is 0 Å². The third kappa shape index (κ3) is 42.5. The fraction of sp³-hybridized carbons (Fsp3) is 0.815. The summed E-state index contributed by atoms with van der Waals surface area (Å²) in [5.41, 5.74) is 0. The number of nitrogens with one attached hydrogen (secondary N) is 1. The molecule has 6 nitrogen and oxygen atoms in total. The number of amides is 1. The van der Waals surface area contributed by atoms with Crippen LogP contribution < -0.4 is 5.32 Å². The Morgan fingerprint density at radius 2 is 0.850 bits per heavy atom. The number of unbranched alkanes of at least 4 members (excludes halogenated alkanes) is 29. The summed E-state index contributed by atoms with van der Waals surface area (Å²) in [5.74, 6) is -0.493. The van der Waals surface area contributed by atoms with Crippen LogP contribution in [0, 0.1) is 0 Å². The van der Waals surface area contributed by atoms with E-state index < -0.39 is 18.2 Å². The molecule has 0 fully saturated rings. The van der Waals surface area contributed by atoms with Crippen molar-refractivity contribution < 1.29 is 24.5 Å². The monoisotopic (exact) mass is 842 g/mol. The van der Waals surface area contributed by atoms with Crippen molar-refractivity contribution in [2.75, 3.05) is 6.61 Å². The van der Waals surface area contributed by atoms with Gasteiger partial charge in [-0.05, 0) is 51.4 Å². The highest BCUT2D eigenvalue weighted by Gasteiger charge is 2.24. The fourth-order valence-electron chi connectivity index (χ4n) is 7.80. The molecule has 0 radical (unpaired) electrons. The first-order valence-electron chi connectivity index (χ1n) is 25.9. The summed E-state index contributed by atoms with van der Waals surface area (Å²) in [4.78, 5) is 26.1. The predicted octanol–water partition coefficient (Wildman–Crippen LogP) is 15.5. The maximum atomic E-state index is 13.2. The zero-order chi connectivity index (χ0) is 43.8. The number of hydrogen-bond acceptors (Lipinski definition) is 5. The van der Waals surface area contributed by atoms with Crippen molar-refractivity contribution in [3.05, 3.63) is 48.6 Å². The number of carbonyl (C=O) groups is 2. The van der Waals surface area contributed by atoms with E-state index in [-0.39, 0.29) is 24.9 Å². The van der Waals surface area contributed by atoms with Crippen LogP contribution in [0.1, 0.15) is 258 Å². The lowest BCUT2D eigenvalue weighted by molar-refractivity contribution is -0.151. The molecular weight excluding hydrogens is 743 g/mol. The van der Waals surface area contributed by atoms with Gasteiger partial charge in [-0.1, -0.05) is 243 Å². The molecule has 1 amide bonds. The van der Waals surface area contributed by atoms with E-state index >= 15 is 0 Å². The quantitative estimate of drug-likeness (QED) is 0.0322. The molecule has 0 bridgehead atoms. The molecule has 0 aromatic carbocycles. The first-order valence-corrected chi connectivity index (χ1v) is 25.9. The third-order valence-electron chi connectivity index (χ3n) is 11.8. The van der Waals surface area contributed by atoms with Crippen LogP contribution in [0.3, 0.4) is 0 Å². The number of carbonyl (C=O) groups excluding carboxylic acids is 2. The Morgan fingerprint density at radius 1 is 0.483 bits per heavy atom. The van der Waals surface area contributed by atoms with Gasteiger partial charge in [-0.3, -0.25) is 9.59 Å². The molecule has 3 N–H and O–H groups in total. The molecule has 3 atom stereocenters. The second-order valence-electron chi connectivity index (χ2n) is 17.7. The molecule has 350 valence electrons. The van der Waals surface area contributed by atoms with Crippen LogP contribution in [0.5, 0.6) is 0 Å². The van der Waals surface area contributed by atoms with Gasteiger partial charge in [-0.25, -0.2) is 0 Å². The summed E-state index contributed by atoms with van der Waals surface area (Å²) < 4.78 is 5.92. The molecule has 0 aromatic rings. The molecule has 6 heteroatoms. The predicted molar refractivity (Wildman–Crippen MR) is 259 cm³/mol. The van der Waals surface area contributed by atoms with Crippen LogP contribution in [-0.2, 0) is 14.3 Å². The summed E-state index contributed by atoms with van der Waals surface area (Å²) in [6, 6.07) is -0.704. The Balaban J connectivity index is 4.57. The lowest BCUT2D eigenvalue weighted by Crippen LogP contribution is -2.46. The smallest absolute Gasteiger partial charge is 0.306 e. The highest BCUT2D eigenvalue weighted by Crippen LogP contribution is 2.18. The van der Waals surface area contributed by atoms with Crippen molar-refractivity contribution >= 4 is 11.9 Å². The van der Waals surface area contributed by atoms with Gasteiger partial charge in [0.25, 0.3) is 0 Å². The maximum Gasteiger partial charge on any atom is 0.306 e. The standard InChI is InChI=1S/C54H99NO5/c1-4-7-10-13-16-19-22-24-25-26-27-28-29-32-35-38-41-44-47-54(59)60-50(45-42-39-36-33-30-21-18-15-12-9-6-3)48-53(58)55-51(49-56)52(57)46-43-40-37-34-31-23-20-17-14-11-8-5-2/h16,19,22,24-28,50-52,56-57H,4-15,17-18,20-21,23,29-49H2,1-3H3,(H,55,58)/b19-16+,24-22+,26-25+,28-27+. The van der Waals surface area contributed by atoms with Crippen molar-refractivity contribution in [1.29, 1.82) is 0 Å².